The van der Waals surface area contributed by atoms with Gasteiger partial charge in [0, 0.05) is 23.3 Å². The third-order valence-corrected chi connectivity index (χ3v) is 5.33. The predicted molar refractivity (Wildman–Crippen MR) is 112 cm³/mol. The lowest BCUT2D eigenvalue weighted by Crippen LogP contribution is -2.37. The Balaban J connectivity index is 1.80. The minimum atomic E-state index is -0.253. The summed E-state index contributed by atoms with van der Waals surface area (Å²) in [6.07, 6.45) is 6.02. The quantitative estimate of drug-likeness (QED) is 0.542. The van der Waals surface area contributed by atoms with Crippen LogP contribution in [-0.2, 0) is 0 Å². The summed E-state index contributed by atoms with van der Waals surface area (Å²) in [5, 5.41) is 4.13. The first-order chi connectivity index (χ1) is 12.9. The van der Waals surface area contributed by atoms with Crippen molar-refractivity contribution in [3.63, 3.8) is 0 Å². The number of benzene rings is 1. The van der Waals surface area contributed by atoms with Gasteiger partial charge in [0.15, 0.2) is 0 Å². The van der Waals surface area contributed by atoms with Crippen LogP contribution in [0.25, 0.3) is 0 Å². The second-order valence-electron chi connectivity index (χ2n) is 7.18. The Bertz CT molecular complexity index is 851. The normalized spacial score (nSPS) is 20.7. The van der Waals surface area contributed by atoms with E-state index >= 15 is 0 Å². The molecule has 144 valence electrons. The molecule has 6 nitrogen and oxygen atoms in total. The number of aromatic amines is 1. The van der Waals surface area contributed by atoms with Gasteiger partial charge in [-0.05, 0) is 70.1 Å². The molecular weight excluding hydrogens is 362 g/mol. The molecule has 0 spiro atoms. The number of nitrogens with two attached hydrogens (primary N) is 1. The minimum absolute atomic E-state index is 0.184. The fourth-order valence-corrected chi connectivity index (χ4v) is 3.65. The van der Waals surface area contributed by atoms with E-state index in [4.69, 9.17) is 17.3 Å². The van der Waals surface area contributed by atoms with Crippen LogP contribution in [0.5, 0.6) is 0 Å². The molecule has 0 saturated heterocycles. The van der Waals surface area contributed by atoms with E-state index in [-0.39, 0.29) is 11.4 Å². The topological polar surface area (TPSA) is 86.5 Å². The van der Waals surface area contributed by atoms with Gasteiger partial charge in [-0.2, -0.15) is 0 Å². The molecule has 1 saturated carbocycles. The van der Waals surface area contributed by atoms with E-state index in [0.29, 0.717) is 28.4 Å². The van der Waals surface area contributed by atoms with Crippen LogP contribution in [-0.4, -0.2) is 41.9 Å². The van der Waals surface area contributed by atoms with Gasteiger partial charge < -0.3 is 20.9 Å². The number of hydrogen-bond acceptors (Lipinski definition) is 4. The van der Waals surface area contributed by atoms with E-state index in [1.165, 1.54) is 0 Å². The third-order valence-electron chi connectivity index (χ3n) is 5.08. The van der Waals surface area contributed by atoms with Crippen LogP contribution in [0.1, 0.15) is 31.2 Å². The molecule has 0 amide bonds. The van der Waals surface area contributed by atoms with E-state index in [2.05, 4.69) is 34.3 Å². The smallest absolute Gasteiger partial charge is 0.261 e. The second kappa shape index (κ2) is 8.59. The zero-order valence-corrected chi connectivity index (χ0v) is 16.5. The molecule has 0 atom stereocenters. The van der Waals surface area contributed by atoms with Gasteiger partial charge in [-0.3, -0.25) is 4.79 Å². The Morgan fingerprint density at radius 3 is 2.48 bits per heavy atom. The number of nitrogens with one attached hydrogen (secondary N) is 2. The first-order valence-electron chi connectivity index (χ1n) is 9.19. The molecule has 1 fully saturated rings. The number of nitrogens with zero attached hydrogens (tertiary/aromatic N) is 2. The molecule has 0 radical (unpaired) electrons. The number of aliphatic imine (C=N–C) groups is 1. The van der Waals surface area contributed by atoms with Crippen molar-refractivity contribution in [2.45, 2.75) is 37.8 Å². The van der Waals surface area contributed by atoms with Crippen molar-refractivity contribution < 1.29 is 0 Å². The number of rotatable bonds is 5. The number of pyridine rings is 1. The van der Waals surface area contributed by atoms with Crippen molar-refractivity contribution in [3.05, 3.63) is 57.5 Å². The zero-order chi connectivity index (χ0) is 19.4. The summed E-state index contributed by atoms with van der Waals surface area (Å²) >= 11 is 5.91. The lowest BCUT2D eigenvalue weighted by molar-refractivity contribution is 0.221. The van der Waals surface area contributed by atoms with Gasteiger partial charge in [-0.1, -0.05) is 11.6 Å². The number of amidine groups is 1. The molecule has 7 heteroatoms. The van der Waals surface area contributed by atoms with Crippen molar-refractivity contribution in [3.8, 4) is 0 Å². The van der Waals surface area contributed by atoms with Crippen LogP contribution < -0.4 is 16.6 Å². The second-order valence-corrected chi connectivity index (χ2v) is 7.62. The molecule has 0 aliphatic heterocycles. The highest BCUT2D eigenvalue weighted by molar-refractivity contribution is 6.30. The third kappa shape index (κ3) is 4.90. The van der Waals surface area contributed by atoms with Crippen LogP contribution in [0.4, 0.5) is 11.4 Å². The summed E-state index contributed by atoms with van der Waals surface area (Å²) in [6.45, 7) is 0. The Morgan fingerprint density at radius 1 is 1.19 bits per heavy atom. The maximum absolute atomic E-state index is 12.4. The molecular formula is C20H26ClN5O. The van der Waals surface area contributed by atoms with Crippen molar-refractivity contribution in [1.82, 2.24) is 9.88 Å². The van der Waals surface area contributed by atoms with Gasteiger partial charge in [0.05, 0.1) is 11.4 Å². The average molecular weight is 388 g/mol. The van der Waals surface area contributed by atoms with E-state index in [0.717, 1.165) is 31.4 Å². The summed E-state index contributed by atoms with van der Waals surface area (Å²) in [6, 6.07) is 9.81. The van der Waals surface area contributed by atoms with Gasteiger partial charge in [0.2, 0.25) is 0 Å². The molecule has 3 rings (SSSR count). The van der Waals surface area contributed by atoms with Gasteiger partial charge in [-0.25, -0.2) is 4.99 Å². The molecule has 1 aromatic heterocycles. The van der Waals surface area contributed by atoms with Crippen molar-refractivity contribution >= 4 is 28.8 Å². The Hall–Kier alpha value is -2.31. The molecule has 1 heterocycles. The number of H-pyrrole nitrogens is 1. The van der Waals surface area contributed by atoms with Crippen LogP contribution in [0.2, 0.25) is 5.02 Å². The summed E-state index contributed by atoms with van der Waals surface area (Å²) in [5.74, 6) is 0.184. The molecule has 2 aromatic rings. The van der Waals surface area contributed by atoms with E-state index in [1.54, 1.807) is 30.5 Å². The average Bonchev–Trinajstić information content (AvgIpc) is 2.64. The Labute approximate surface area is 164 Å². The summed E-state index contributed by atoms with van der Waals surface area (Å²) < 4.78 is 0. The molecule has 0 bridgehead atoms. The van der Waals surface area contributed by atoms with E-state index < -0.39 is 0 Å². The highest BCUT2D eigenvalue weighted by Crippen LogP contribution is 2.25. The monoisotopic (exact) mass is 387 g/mol. The largest absolute Gasteiger partial charge is 0.383 e. The fraction of sp³-hybridized carbons (Fsp3) is 0.400. The van der Waals surface area contributed by atoms with E-state index in [9.17, 15) is 4.79 Å². The molecule has 0 unspecified atom stereocenters. The standard InChI is InChI=1S/C20H26ClN5O/c1-26(2)16-9-7-14(8-10-16)24-17-11-12-23-20(27)18(17)19(22)25-15-5-3-13(21)4-6-15/h3-6,11-12,14,16H,7-10H2,1-2H3,(H2,22,25)(H2,23,24,27). The predicted octanol–water partition coefficient (Wildman–Crippen LogP) is 3.35. The van der Waals surface area contributed by atoms with Crippen LogP contribution in [0.3, 0.4) is 0 Å². The summed E-state index contributed by atoms with van der Waals surface area (Å²) in [7, 11) is 4.25. The van der Waals surface area contributed by atoms with Gasteiger partial charge >= 0.3 is 0 Å². The van der Waals surface area contributed by atoms with Gasteiger partial charge in [-0.15, -0.1) is 0 Å². The van der Waals surface area contributed by atoms with Crippen molar-refractivity contribution in [2.75, 3.05) is 19.4 Å². The van der Waals surface area contributed by atoms with Crippen LogP contribution in [0, 0.1) is 0 Å². The van der Waals surface area contributed by atoms with Gasteiger partial charge in [0.1, 0.15) is 11.4 Å². The SMILES string of the molecule is CN(C)C1CCC(Nc2cc[nH]c(=O)c2C(N)=Nc2ccc(Cl)cc2)CC1. The Morgan fingerprint density at radius 2 is 1.85 bits per heavy atom. The maximum atomic E-state index is 12.4. The minimum Gasteiger partial charge on any atom is -0.383 e. The number of anilines is 1. The number of halogens is 1. The highest BCUT2D eigenvalue weighted by atomic mass is 35.5. The number of aromatic nitrogens is 1. The lowest BCUT2D eigenvalue weighted by atomic mass is 9.90. The maximum Gasteiger partial charge on any atom is 0.261 e. The van der Waals surface area contributed by atoms with E-state index in [1.807, 2.05) is 6.07 Å². The summed E-state index contributed by atoms with van der Waals surface area (Å²) in [4.78, 5) is 21.8. The lowest BCUT2D eigenvalue weighted by Gasteiger charge is -2.33. The molecule has 1 aliphatic rings. The summed E-state index contributed by atoms with van der Waals surface area (Å²) in [5.41, 5.74) is 7.68. The molecule has 27 heavy (non-hydrogen) atoms. The van der Waals surface area contributed by atoms with Gasteiger partial charge in [0.25, 0.3) is 5.56 Å². The first kappa shape index (κ1) is 19.5. The number of hydrogen-bond donors (Lipinski definition) is 3. The first-order valence-corrected chi connectivity index (χ1v) is 9.56. The van der Waals surface area contributed by atoms with Crippen LogP contribution >= 0.6 is 11.6 Å². The fourth-order valence-electron chi connectivity index (χ4n) is 3.52. The Kier molecular flexibility index (Phi) is 6.19. The van der Waals surface area contributed by atoms with Crippen molar-refractivity contribution in [1.29, 1.82) is 0 Å². The molecule has 1 aromatic carbocycles. The van der Waals surface area contributed by atoms with Crippen LogP contribution in [0.15, 0.2) is 46.3 Å². The zero-order valence-electron chi connectivity index (χ0n) is 15.7. The van der Waals surface area contributed by atoms with Crippen molar-refractivity contribution in [2.24, 2.45) is 10.7 Å². The highest BCUT2D eigenvalue weighted by Gasteiger charge is 2.23. The molecule has 4 N–H and O–H groups in total. The molecule has 1 aliphatic carbocycles.